The lowest BCUT2D eigenvalue weighted by molar-refractivity contribution is -0.112. The quantitative estimate of drug-likeness (QED) is 0.514. The lowest BCUT2D eigenvalue weighted by Crippen LogP contribution is -2.17. The third-order valence-corrected chi connectivity index (χ3v) is 3.86. The highest BCUT2D eigenvalue weighted by atomic mass is 35.5. The van der Waals surface area contributed by atoms with E-state index in [9.17, 15) is 9.59 Å². The summed E-state index contributed by atoms with van der Waals surface area (Å²) in [4.78, 5) is 23.0. The lowest BCUT2D eigenvalue weighted by atomic mass is 10.1. The van der Waals surface area contributed by atoms with Gasteiger partial charge in [-0.05, 0) is 35.9 Å². The van der Waals surface area contributed by atoms with Gasteiger partial charge in [0.1, 0.15) is 11.6 Å². The Morgan fingerprint density at radius 2 is 1.85 bits per heavy atom. The van der Waals surface area contributed by atoms with Crippen molar-refractivity contribution in [1.82, 2.24) is 5.32 Å². The first-order chi connectivity index (χ1) is 12.4. The Hall–Kier alpha value is -3.01. The molecule has 0 bridgehead atoms. The molecule has 0 unspecified atom stereocenters. The van der Waals surface area contributed by atoms with Crippen molar-refractivity contribution in [3.05, 3.63) is 75.4 Å². The number of carboxylic acids is 1. The Bertz CT molecular complexity index is 903. The Labute approximate surface area is 159 Å². The molecule has 0 saturated carbocycles. The molecule has 2 rings (SSSR count). The zero-order valence-corrected chi connectivity index (χ0v) is 14.8. The van der Waals surface area contributed by atoms with Crippen molar-refractivity contribution in [2.45, 2.75) is 6.54 Å². The highest BCUT2D eigenvalue weighted by Gasteiger charge is 2.11. The van der Waals surface area contributed by atoms with Gasteiger partial charge in [-0.2, -0.15) is 5.26 Å². The van der Waals surface area contributed by atoms with Gasteiger partial charge in [0.15, 0.2) is 0 Å². The zero-order chi connectivity index (χ0) is 19.1. The number of carboxylic acid groups (broad SMARTS) is 1. The van der Waals surface area contributed by atoms with Crippen LogP contribution in [-0.2, 0) is 11.3 Å². The van der Waals surface area contributed by atoms with Gasteiger partial charge in [0.25, 0.3) is 5.91 Å². The number of carbonyl (C=O) groups excluding carboxylic acids is 1. The van der Waals surface area contributed by atoms with E-state index in [1.54, 1.807) is 24.3 Å². The Morgan fingerprint density at radius 1 is 1.15 bits per heavy atom. The second-order valence-electron chi connectivity index (χ2n) is 5.13. The number of anilines is 1. The van der Waals surface area contributed by atoms with Gasteiger partial charge in [-0.15, -0.1) is 0 Å². The molecule has 0 aromatic heterocycles. The van der Waals surface area contributed by atoms with E-state index in [2.05, 4.69) is 10.6 Å². The van der Waals surface area contributed by atoms with Gasteiger partial charge in [0, 0.05) is 17.8 Å². The number of amides is 1. The van der Waals surface area contributed by atoms with Gasteiger partial charge in [-0.25, -0.2) is 4.79 Å². The van der Waals surface area contributed by atoms with E-state index >= 15 is 0 Å². The van der Waals surface area contributed by atoms with E-state index in [0.717, 1.165) is 5.56 Å². The Morgan fingerprint density at radius 3 is 2.46 bits per heavy atom. The summed E-state index contributed by atoms with van der Waals surface area (Å²) < 4.78 is 0. The highest BCUT2D eigenvalue weighted by Crippen LogP contribution is 2.25. The molecule has 0 aliphatic rings. The summed E-state index contributed by atoms with van der Waals surface area (Å²) >= 11 is 11.8. The number of nitrogens with zero attached hydrogens (tertiary/aromatic N) is 1. The summed E-state index contributed by atoms with van der Waals surface area (Å²) in [5.74, 6) is -1.64. The molecule has 0 radical (unpaired) electrons. The van der Waals surface area contributed by atoms with Crippen LogP contribution in [0, 0.1) is 11.3 Å². The monoisotopic (exact) mass is 389 g/mol. The summed E-state index contributed by atoms with van der Waals surface area (Å²) in [5, 5.41) is 24.1. The predicted molar refractivity (Wildman–Crippen MR) is 99.0 cm³/mol. The van der Waals surface area contributed by atoms with Crippen molar-refractivity contribution < 1.29 is 14.7 Å². The van der Waals surface area contributed by atoms with Gasteiger partial charge in [0.2, 0.25) is 0 Å². The van der Waals surface area contributed by atoms with Crippen molar-refractivity contribution >= 4 is 40.8 Å². The maximum Gasteiger partial charge on any atom is 0.335 e. The molecule has 26 heavy (non-hydrogen) atoms. The number of hydrogen-bond acceptors (Lipinski definition) is 4. The highest BCUT2D eigenvalue weighted by molar-refractivity contribution is 6.35. The summed E-state index contributed by atoms with van der Waals surface area (Å²) in [5.41, 5.74) is 1.12. The number of halogens is 2. The number of nitrogens with one attached hydrogen (secondary N) is 2. The van der Waals surface area contributed by atoms with Crippen LogP contribution in [0.15, 0.2) is 54.2 Å². The number of benzene rings is 2. The SMILES string of the molecule is N#C/C(=C/NCc1ccc(C(=O)O)cc1)C(=O)Nc1cc(Cl)ccc1Cl. The number of aromatic carboxylic acids is 1. The van der Waals surface area contributed by atoms with Gasteiger partial charge in [0.05, 0.1) is 16.3 Å². The normalized spacial score (nSPS) is 10.7. The fourth-order valence-corrected chi connectivity index (χ4v) is 2.30. The van der Waals surface area contributed by atoms with Crippen molar-refractivity contribution in [2.75, 3.05) is 5.32 Å². The summed E-state index contributed by atoms with van der Waals surface area (Å²) in [6.45, 7) is 0.316. The van der Waals surface area contributed by atoms with Gasteiger partial charge in [-0.3, -0.25) is 4.79 Å². The smallest absolute Gasteiger partial charge is 0.335 e. The molecule has 0 fully saturated rings. The van der Waals surface area contributed by atoms with Crippen LogP contribution in [0.1, 0.15) is 15.9 Å². The number of carbonyl (C=O) groups is 2. The second-order valence-corrected chi connectivity index (χ2v) is 5.97. The van der Waals surface area contributed by atoms with Crippen LogP contribution in [0.3, 0.4) is 0 Å². The van der Waals surface area contributed by atoms with Gasteiger partial charge >= 0.3 is 5.97 Å². The van der Waals surface area contributed by atoms with Crippen molar-refractivity contribution in [2.24, 2.45) is 0 Å². The lowest BCUT2D eigenvalue weighted by Gasteiger charge is -2.07. The third kappa shape index (κ3) is 5.24. The molecule has 3 N–H and O–H groups in total. The van der Waals surface area contributed by atoms with Crippen LogP contribution in [0.2, 0.25) is 10.0 Å². The molecule has 0 atom stereocenters. The largest absolute Gasteiger partial charge is 0.478 e. The number of nitriles is 1. The molecule has 0 saturated heterocycles. The Balaban J connectivity index is 2.00. The van der Waals surface area contributed by atoms with Crippen LogP contribution in [0.5, 0.6) is 0 Å². The first-order valence-corrected chi connectivity index (χ1v) is 8.08. The molecule has 2 aromatic rings. The van der Waals surface area contributed by atoms with Crippen LogP contribution in [-0.4, -0.2) is 17.0 Å². The van der Waals surface area contributed by atoms with Crippen LogP contribution >= 0.6 is 23.2 Å². The topological polar surface area (TPSA) is 102 Å². The molecule has 0 aliphatic heterocycles. The van der Waals surface area contributed by atoms with E-state index in [0.29, 0.717) is 22.3 Å². The molecule has 0 spiro atoms. The minimum atomic E-state index is -1.01. The standard InChI is InChI=1S/C18H13Cl2N3O3/c19-14-5-6-15(20)16(7-14)23-17(24)13(8-21)10-22-9-11-1-3-12(4-2-11)18(25)26/h1-7,10,22H,9H2,(H,23,24)(H,25,26)/b13-10-. The molecule has 6 nitrogen and oxygen atoms in total. The van der Waals surface area contributed by atoms with E-state index in [1.165, 1.54) is 30.5 Å². The van der Waals surface area contributed by atoms with E-state index in [-0.39, 0.29) is 11.1 Å². The van der Waals surface area contributed by atoms with Gasteiger partial charge < -0.3 is 15.7 Å². The molecule has 0 aliphatic carbocycles. The molecule has 2 aromatic carbocycles. The fraction of sp³-hybridized carbons (Fsp3) is 0.0556. The second kappa shape index (κ2) is 8.90. The summed E-state index contributed by atoms with van der Waals surface area (Å²) in [6, 6.07) is 12.6. The molecule has 132 valence electrons. The zero-order valence-electron chi connectivity index (χ0n) is 13.3. The molecular formula is C18H13Cl2N3O3. The van der Waals surface area contributed by atoms with Crippen LogP contribution in [0.25, 0.3) is 0 Å². The minimum Gasteiger partial charge on any atom is -0.478 e. The van der Waals surface area contributed by atoms with E-state index in [1.807, 2.05) is 0 Å². The third-order valence-electron chi connectivity index (χ3n) is 3.30. The van der Waals surface area contributed by atoms with Crippen molar-refractivity contribution in [3.8, 4) is 6.07 Å². The maximum atomic E-state index is 12.2. The summed E-state index contributed by atoms with van der Waals surface area (Å²) in [7, 11) is 0. The molecule has 1 amide bonds. The summed E-state index contributed by atoms with van der Waals surface area (Å²) in [6.07, 6.45) is 1.28. The minimum absolute atomic E-state index is 0.150. The predicted octanol–water partition coefficient (Wildman–Crippen LogP) is 3.83. The Kier molecular flexibility index (Phi) is 6.61. The average molecular weight is 390 g/mol. The van der Waals surface area contributed by atoms with E-state index < -0.39 is 11.9 Å². The first kappa shape index (κ1) is 19.3. The van der Waals surface area contributed by atoms with Crippen LogP contribution < -0.4 is 10.6 Å². The number of hydrogen-bond donors (Lipinski definition) is 3. The fourth-order valence-electron chi connectivity index (χ4n) is 1.97. The molecular weight excluding hydrogens is 377 g/mol. The van der Waals surface area contributed by atoms with Crippen LogP contribution in [0.4, 0.5) is 5.69 Å². The number of rotatable bonds is 6. The van der Waals surface area contributed by atoms with Crippen molar-refractivity contribution in [3.63, 3.8) is 0 Å². The van der Waals surface area contributed by atoms with E-state index in [4.69, 9.17) is 33.6 Å². The molecule has 0 heterocycles. The first-order valence-electron chi connectivity index (χ1n) is 7.33. The molecule has 8 heteroatoms. The average Bonchev–Trinajstić information content (AvgIpc) is 2.62. The maximum absolute atomic E-state index is 12.2. The van der Waals surface area contributed by atoms with Gasteiger partial charge in [-0.1, -0.05) is 35.3 Å². The van der Waals surface area contributed by atoms with Crippen molar-refractivity contribution in [1.29, 1.82) is 5.26 Å².